The van der Waals surface area contributed by atoms with Gasteiger partial charge in [-0.3, -0.25) is 0 Å². The van der Waals surface area contributed by atoms with Gasteiger partial charge in [-0.15, -0.1) is 5.10 Å². The van der Waals surface area contributed by atoms with E-state index in [1.807, 2.05) is 13.0 Å². The van der Waals surface area contributed by atoms with Gasteiger partial charge < -0.3 is 10.2 Å². The first-order valence-corrected chi connectivity index (χ1v) is 6.94. The summed E-state index contributed by atoms with van der Waals surface area (Å²) in [6, 6.07) is 4.73. The predicted octanol–water partition coefficient (Wildman–Crippen LogP) is 2.00. The molecule has 0 aliphatic carbocycles. The zero-order valence-corrected chi connectivity index (χ0v) is 11.7. The van der Waals surface area contributed by atoms with E-state index in [0.717, 1.165) is 31.1 Å². The Bertz CT molecular complexity index is 355. The van der Waals surface area contributed by atoms with Crippen molar-refractivity contribution in [2.45, 2.75) is 39.7 Å². The van der Waals surface area contributed by atoms with Crippen molar-refractivity contribution in [3.8, 4) is 0 Å². The largest absolute Gasteiger partial charge is 0.353 e. The van der Waals surface area contributed by atoms with Crippen LogP contribution < -0.4 is 10.2 Å². The van der Waals surface area contributed by atoms with Gasteiger partial charge in [-0.1, -0.05) is 13.8 Å². The Hall–Kier alpha value is -1.16. The van der Waals surface area contributed by atoms with E-state index in [0.29, 0.717) is 12.0 Å². The van der Waals surface area contributed by atoms with Crippen molar-refractivity contribution in [2.24, 2.45) is 5.92 Å². The van der Waals surface area contributed by atoms with E-state index in [9.17, 15) is 0 Å². The van der Waals surface area contributed by atoms with E-state index >= 15 is 0 Å². The molecule has 100 valence electrons. The van der Waals surface area contributed by atoms with Gasteiger partial charge in [0.25, 0.3) is 0 Å². The molecule has 0 radical (unpaired) electrons. The molecule has 1 aromatic heterocycles. The number of aromatic nitrogens is 2. The van der Waals surface area contributed by atoms with Crippen LogP contribution in [-0.2, 0) is 0 Å². The molecular formula is C14H24N4. The van der Waals surface area contributed by atoms with Gasteiger partial charge in [0.2, 0.25) is 0 Å². The Kier molecular flexibility index (Phi) is 4.53. The van der Waals surface area contributed by atoms with Crippen LogP contribution in [0.1, 0.15) is 32.4 Å². The lowest BCUT2D eigenvalue weighted by atomic mass is 10.1. The molecule has 0 bridgehead atoms. The average Bonchev–Trinajstić information content (AvgIpc) is 2.81. The van der Waals surface area contributed by atoms with Gasteiger partial charge in [0.05, 0.1) is 5.69 Å². The molecule has 4 heteroatoms. The number of anilines is 1. The van der Waals surface area contributed by atoms with Crippen molar-refractivity contribution in [2.75, 3.05) is 24.5 Å². The van der Waals surface area contributed by atoms with Crippen LogP contribution in [0.15, 0.2) is 12.1 Å². The molecule has 1 aliphatic rings. The van der Waals surface area contributed by atoms with Gasteiger partial charge in [0, 0.05) is 19.1 Å². The highest BCUT2D eigenvalue weighted by molar-refractivity contribution is 5.37. The van der Waals surface area contributed by atoms with Crippen molar-refractivity contribution in [1.29, 1.82) is 0 Å². The molecular weight excluding hydrogens is 224 g/mol. The molecule has 0 amide bonds. The highest BCUT2D eigenvalue weighted by Gasteiger charge is 2.19. The van der Waals surface area contributed by atoms with Crippen molar-refractivity contribution in [3.05, 3.63) is 17.8 Å². The molecule has 1 aliphatic heterocycles. The first-order chi connectivity index (χ1) is 8.65. The maximum Gasteiger partial charge on any atom is 0.151 e. The van der Waals surface area contributed by atoms with Gasteiger partial charge in [-0.05, 0) is 44.4 Å². The molecule has 1 saturated heterocycles. The maximum absolute atomic E-state index is 4.32. The Morgan fingerprint density at radius 2 is 2.22 bits per heavy atom. The van der Waals surface area contributed by atoms with Crippen molar-refractivity contribution >= 4 is 5.82 Å². The molecule has 1 atom stereocenters. The van der Waals surface area contributed by atoms with Crippen LogP contribution in [-0.4, -0.2) is 35.9 Å². The second-order valence-electron chi connectivity index (χ2n) is 5.63. The first-order valence-electron chi connectivity index (χ1n) is 6.94. The summed E-state index contributed by atoms with van der Waals surface area (Å²) in [7, 11) is 0. The fraction of sp³-hybridized carbons (Fsp3) is 0.714. The van der Waals surface area contributed by atoms with Crippen LogP contribution in [0.3, 0.4) is 0 Å². The van der Waals surface area contributed by atoms with Crippen molar-refractivity contribution in [3.63, 3.8) is 0 Å². The van der Waals surface area contributed by atoms with Crippen molar-refractivity contribution < 1.29 is 0 Å². The smallest absolute Gasteiger partial charge is 0.151 e. The van der Waals surface area contributed by atoms with Gasteiger partial charge in [0.1, 0.15) is 0 Å². The summed E-state index contributed by atoms with van der Waals surface area (Å²) in [6.45, 7) is 9.70. The van der Waals surface area contributed by atoms with E-state index in [4.69, 9.17) is 0 Å². The molecule has 2 heterocycles. The summed E-state index contributed by atoms with van der Waals surface area (Å²) >= 11 is 0. The third kappa shape index (κ3) is 3.67. The van der Waals surface area contributed by atoms with Crippen LogP contribution in [0.2, 0.25) is 0 Å². The third-order valence-electron chi connectivity index (χ3n) is 3.30. The molecule has 1 fully saturated rings. The zero-order chi connectivity index (χ0) is 13.0. The highest BCUT2D eigenvalue weighted by atomic mass is 15.3. The van der Waals surface area contributed by atoms with E-state index in [1.165, 1.54) is 12.8 Å². The quantitative estimate of drug-likeness (QED) is 0.865. The zero-order valence-electron chi connectivity index (χ0n) is 11.7. The highest BCUT2D eigenvalue weighted by Crippen LogP contribution is 2.15. The Balaban J connectivity index is 2.05. The number of hydrogen-bond donors (Lipinski definition) is 1. The maximum atomic E-state index is 4.32. The predicted molar refractivity (Wildman–Crippen MR) is 74.8 cm³/mol. The standard InChI is InChI=1S/C14H24N4/c1-11(2)9-18(10-13-5-4-8-15-13)14-7-6-12(3)16-17-14/h6-7,11,13,15H,4-5,8-10H2,1-3H3. The summed E-state index contributed by atoms with van der Waals surface area (Å²) in [4.78, 5) is 2.36. The van der Waals surface area contributed by atoms with Crippen LogP contribution in [0.4, 0.5) is 5.82 Å². The van der Waals surface area contributed by atoms with Crippen molar-refractivity contribution in [1.82, 2.24) is 15.5 Å². The molecule has 2 rings (SSSR count). The third-order valence-corrected chi connectivity index (χ3v) is 3.30. The Morgan fingerprint density at radius 1 is 1.39 bits per heavy atom. The number of hydrogen-bond acceptors (Lipinski definition) is 4. The van der Waals surface area contributed by atoms with Gasteiger partial charge in [0.15, 0.2) is 5.82 Å². The lowest BCUT2D eigenvalue weighted by Crippen LogP contribution is -2.40. The van der Waals surface area contributed by atoms with Crippen LogP contribution >= 0.6 is 0 Å². The number of nitrogens with zero attached hydrogens (tertiary/aromatic N) is 3. The number of rotatable bonds is 5. The van der Waals surface area contributed by atoms with Crippen LogP contribution in [0, 0.1) is 12.8 Å². The molecule has 0 aromatic carbocycles. The summed E-state index contributed by atoms with van der Waals surface area (Å²) in [5, 5.41) is 12.0. The summed E-state index contributed by atoms with van der Waals surface area (Å²) in [5.74, 6) is 1.64. The summed E-state index contributed by atoms with van der Waals surface area (Å²) in [5.41, 5.74) is 0.974. The van der Waals surface area contributed by atoms with E-state index in [2.05, 4.69) is 40.3 Å². The number of nitrogens with one attached hydrogen (secondary N) is 1. The topological polar surface area (TPSA) is 41.0 Å². The average molecular weight is 248 g/mol. The van der Waals surface area contributed by atoms with E-state index in [1.54, 1.807) is 0 Å². The molecule has 1 unspecified atom stereocenters. The summed E-state index contributed by atoms with van der Waals surface area (Å²) < 4.78 is 0. The SMILES string of the molecule is Cc1ccc(N(CC(C)C)CC2CCCN2)nn1. The lowest BCUT2D eigenvalue weighted by Gasteiger charge is -2.28. The fourth-order valence-electron chi connectivity index (χ4n) is 2.44. The minimum Gasteiger partial charge on any atom is -0.353 e. The Labute approximate surface area is 110 Å². The molecule has 0 spiro atoms. The second kappa shape index (κ2) is 6.14. The van der Waals surface area contributed by atoms with Gasteiger partial charge >= 0.3 is 0 Å². The molecule has 4 nitrogen and oxygen atoms in total. The summed E-state index contributed by atoms with van der Waals surface area (Å²) in [6.07, 6.45) is 2.56. The lowest BCUT2D eigenvalue weighted by molar-refractivity contribution is 0.536. The van der Waals surface area contributed by atoms with Gasteiger partial charge in [-0.25, -0.2) is 0 Å². The van der Waals surface area contributed by atoms with Crippen LogP contribution in [0.25, 0.3) is 0 Å². The normalized spacial score (nSPS) is 19.4. The van der Waals surface area contributed by atoms with E-state index in [-0.39, 0.29) is 0 Å². The fourth-order valence-corrected chi connectivity index (χ4v) is 2.44. The molecule has 1 N–H and O–H groups in total. The van der Waals surface area contributed by atoms with Gasteiger partial charge in [-0.2, -0.15) is 5.10 Å². The van der Waals surface area contributed by atoms with E-state index < -0.39 is 0 Å². The number of aryl methyl sites for hydroxylation is 1. The molecule has 18 heavy (non-hydrogen) atoms. The van der Waals surface area contributed by atoms with Crippen LogP contribution in [0.5, 0.6) is 0 Å². The second-order valence-corrected chi connectivity index (χ2v) is 5.63. The minimum atomic E-state index is 0.604. The Morgan fingerprint density at radius 3 is 2.78 bits per heavy atom. The minimum absolute atomic E-state index is 0.604. The first kappa shape index (κ1) is 13.3. The monoisotopic (exact) mass is 248 g/mol. The molecule has 1 aromatic rings. The molecule has 0 saturated carbocycles.